The fourth-order valence-electron chi connectivity index (χ4n) is 2.04. The summed E-state index contributed by atoms with van der Waals surface area (Å²) >= 11 is 6.91. The number of allylic oxidation sites excluding steroid dienone is 1. The van der Waals surface area contributed by atoms with E-state index >= 15 is 0 Å². The van der Waals surface area contributed by atoms with Crippen LogP contribution in [-0.4, -0.2) is 30.1 Å². The molecule has 1 aromatic rings. The zero-order valence-electron chi connectivity index (χ0n) is 11.7. The van der Waals surface area contributed by atoms with Gasteiger partial charge in [0.2, 0.25) is 0 Å². The Morgan fingerprint density at radius 2 is 2.14 bits per heavy atom. The molecular formula is C14H17NO3S3. The molecule has 114 valence electrons. The highest BCUT2D eigenvalue weighted by atomic mass is 32.2. The first kappa shape index (κ1) is 16.5. The summed E-state index contributed by atoms with van der Waals surface area (Å²) < 4.78 is 30.6. The smallest absolute Gasteiger partial charge is 0.264 e. The van der Waals surface area contributed by atoms with Crippen molar-refractivity contribution in [3.8, 4) is 0 Å². The van der Waals surface area contributed by atoms with E-state index in [0.717, 1.165) is 26.9 Å². The first-order chi connectivity index (χ1) is 9.90. The summed E-state index contributed by atoms with van der Waals surface area (Å²) in [6.45, 7) is 2.54. The van der Waals surface area contributed by atoms with Crippen molar-refractivity contribution in [2.75, 3.05) is 17.2 Å². The monoisotopic (exact) mass is 343 g/mol. The third-order valence-electron chi connectivity index (χ3n) is 3.05. The second kappa shape index (κ2) is 6.91. The van der Waals surface area contributed by atoms with Crippen LogP contribution in [0.25, 0.3) is 0 Å². The van der Waals surface area contributed by atoms with Crippen molar-refractivity contribution in [3.05, 3.63) is 35.4 Å². The second-order valence-electron chi connectivity index (χ2n) is 4.66. The molecule has 1 heterocycles. The molecule has 2 rings (SSSR count). The minimum Gasteiger partial charge on any atom is -0.335 e. The van der Waals surface area contributed by atoms with Gasteiger partial charge in [-0.05, 0) is 31.1 Å². The van der Waals surface area contributed by atoms with Gasteiger partial charge in [-0.2, -0.15) is 8.42 Å². The number of benzene rings is 1. The largest absolute Gasteiger partial charge is 0.335 e. The van der Waals surface area contributed by atoms with Crippen molar-refractivity contribution in [1.29, 1.82) is 0 Å². The van der Waals surface area contributed by atoms with E-state index < -0.39 is 10.1 Å². The van der Waals surface area contributed by atoms with Crippen molar-refractivity contribution in [2.45, 2.75) is 24.7 Å². The number of nitrogens with zero attached hydrogens (tertiary/aromatic N) is 1. The Hall–Kier alpha value is -0.890. The molecule has 0 fully saturated rings. The topological polar surface area (TPSA) is 57.6 Å². The zero-order valence-corrected chi connectivity index (χ0v) is 14.1. The van der Waals surface area contributed by atoms with Gasteiger partial charge >= 0.3 is 0 Å². The number of thiocarbonyl (C=S) groups is 1. The highest BCUT2D eigenvalue weighted by Gasteiger charge is 2.24. The normalized spacial score (nSPS) is 16.3. The fourth-order valence-corrected chi connectivity index (χ4v) is 3.87. The Morgan fingerprint density at radius 1 is 1.43 bits per heavy atom. The number of hydrogen-bond acceptors (Lipinski definition) is 5. The molecule has 0 atom stereocenters. The lowest BCUT2D eigenvalue weighted by atomic mass is 10.2. The predicted molar refractivity (Wildman–Crippen MR) is 91.6 cm³/mol. The third kappa shape index (κ3) is 4.54. The van der Waals surface area contributed by atoms with Gasteiger partial charge in [-0.3, -0.25) is 4.55 Å². The molecule has 0 bridgehead atoms. The van der Waals surface area contributed by atoms with E-state index in [2.05, 4.69) is 4.90 Å². The quantitative estimate of drug-likeness (QED) is 0.485. The average Bonchev–Trinajstić information content (AvgIpc) is 2.75. The van der Waals surface area contributed by atoms with Gasteiger partial charge < -0.3 is 4.90 Å². The zero-order chi connectivity index (χ0) is 15.5. The number of para-hydroxylation sites is 1. The summed E-state index contributed by atoms with van der Waals surface area (Å²) in [4.78, 5) is 4.06. The molecule has 1 N–H and O–H groups in total. The molecule has 1 aromatic carbocycles. The highest BCUT2D eigenvalue weighted by Crippen LogP contribution is 2.45. The van der Waals surface area contributed by atoms with Crippen LogP contribution in [0.15, 0.2) is 40.3 Å². The summed E-state index contributed by atoms with van der Waals surface area (Å²) in [5, 5.41) is 1.01. The van der Waals surface area contributed by atoms with Crippen molar-refractivity contribution < 1.29 is 13.0 Å². The SMILES string of the molecule is CCC(=S)/C=C1/Sc2ccccc2N1CCCS(=O)(=O)O. The molecule has 0 saturated carbocycles. The number of anilines is 1. The fraction of sp³-hybridized carbons (Fsp3) is 0.357. The molecule has 0 saturated heterocycles. The summed E-state index contributed by atoms with van der Waals surface area (Å²) in [5.41, 5.74) is 1.06. The molecule has 0 amide bonds. The van der Waals surface area contributed by atoms with Crippen LogP contribution < -0.4 is 4.90 Å². The molecule has 7 heteroatoms. The van der Waals surface area contributed by atoms with Gasteiger partial charge in [0.15, 0.2) is 0 Å². The van der Waals surface area contributed by atoms with Crippen LogP contribution in [0.2, 0.25) is 0 Å². The van der Waals surface area contributed by atoms with Crippen molar-refractivity contribution in [3.63, 3.8) is 0 Å². The summed E-state index contributed by atoms with van der Waals surface area (Å²) in [7, 11) is -3.92. The average molecular weight is 343 g/mol. The first-order valence-corrected chi connectivity index (χ1v) is 9.48. The van der Waals surface area contributed by atoms with Gasteiger partial charge in [-0.25, -0.2) is 0 Å². The van der Waals surface area contributed by atoms with Crippen LogP contribution in [0.1, 0.15) is 19.8 Å². The van der Waals surface area contributed by atoms with Gasteiger partial charge in [0.05, 0.1) is 16.5 Å². The van der Waals surface area contributed by atoms with E-state index in [4.69, 9.17) is 16.8 Å². The van der Waals surface area contributed by atoms with Crippen LogP contribution in [0.3, 0.4) is 0 Å². The number of thioether (sulfide) groups is 1. The van der Waals surface area contributed by atoms with Crippen LogP contribution in [0.5, 0.6) is 0 Å². The van der Waals surface area contributed by atoms with Gasteiger partial charge in [0.25, 0.3) is 10.1 Å². The second-order valence-corrected chi connectivity index (χ2v) is 7.82. The molecule has 1 aliphatic rings. The maximum Gasteiger partial charge on any atom is 0.264 e. The highest BCUT2D eigenvalue weighted by molar-refractivity contribution is 8.03. The minimum atomic E-state index is -3.92. The van der Waals surface area contributed by atoms with E-state index in [-0.39, 0.29) is 5.75 Å². The predicted octanol–water partition coefficient (Wildman–Crippen LogP) is 3.50. The molecular weight excluding hydrogens is 326 g/mol. The number of hydrogen-bond donors (Lipinski definition) is 1. The first-order valence-electron chi connectivity index (χ1n) is 6.65. The molecule has 21 heavy (non-hydrogen) atoms. The van der Waals surface area contributed by atoms with Crippen molar-refractivity contribution in [2.24, 2.45) is 0 Å². The maximum absolute atomic E-state index is 10.9. The summed E-state index contributed by atoms with van der Waals surface area (Å²) in [5.74, 6) is -0.234. The standard InChI is InChI=1S/C14H17NO3S3/c1-2-11(19)10-14-15(8-5-9-21(16,17)18)12-6-3-4-7-13(12)20-14/h3-4,6-7,10H,2,5,8-9H2,1H3,(H,16,17,18)/b14-10+. The van der Waals surface area contributed by atoms with E-state index in [1.165, 1.54) is 0 Å². The van der Waals surface area contributed by atoms with Gasteiger partial charge in [-0.15, -0.1) is 0 Å². The Labute approximate surface area is 135 Å². The van der Waals surface area contributed by atoms with E-state index in [0.29, 0.717) is 13.0 Å². The Kier molecular flexibility index (Phi) is 5.43. The van der Waals surface area contributed by atoms with E-state index in [9.17, 15) is 8.42 Å². The number of fused-ring (bicyclic) bond motifs is 1. The minimum absolute atomic E-state index is 0.234. The van der Waals surface area contributed by atoms with Gasteiger partial charge in [0, 0.05) is 16.3 Å². The maximum atomic E-state index is 10.9. The molecule has 0 unspecified atom stereocenters. The Balaban J connectivity index is 2.19. The van der Waals surface area contributed by atoms with Gasteiger partial charge in [-0.1, -0.05) is 43.0 Å². The van der Waals surface area contributed by atoms with Crippen molar-refractivity contribution in [1.82, 2.24) is 0 Å². The lowest BCUT2D eigenvalue weighted by molar-refractivity contribution is 0.481. The Bertz CT molecular complexity index is 668. The molecule has 1 aliphatic heterocycles. The Morgan fingerprint density at radius 3 is 2.81 bits per heavy atom. The molecule has 0 radical (unpaired) electrons. The molecule has 0 aliphatic carbocycles. The molecule has 0 aromatic heterocycles. The third-order valence-corrected chi connectivity index (χ3v) is 5.38. The molecule has 4 nitrogen and oxygen atoms in total. The van der Waals surface area contributed by atoms with Crippen LogP contribution in [0, 0.1) is 0 Å². The summed E-state index contributed by atoms with van der Waals surface area (Å²) in [6.07, 6.45) is 3.13. The van der Waals surface area contributed by atoms with E-state index in [1.807, 2.05) is 37.3 Å². The number of rotatable bonds is 6. The van der Waals surface area contributed by atoms with Crippen LogP contribution >= 0.6 is 24.0 Å². The lowest BCUT2D eigenvalue weighted by Gasteiger charge is -2.20. The molecule has 0 spiro atoms. The van der Waals surface area contributed by atoms with E-state index in [1.54, 1.807) is 11.8 Å². The van der Waals surface area contributed by atoms with Crippen LogP contribution in [0.4, 0.5) is 5.69 Å². The summed E-state index contributed by atoms with van der Waals surface area (Å²) in [6, 6.07) is 7.97. The van der Waals surface area contributed by atoms with Crippen LogP contribution in [-0.2, 0) is 10.1 Å². The lowest BCUT2D eigenvalue weighted by Crippen LogP contribution is -2.22. The van der Waals surface area contributed by atoms with Gasteiger partial charge in [0.1, 0.15) is 0 Å². The van der Waals surface area contributed by atoms with Crippen molar-refractivity contribution >= 4 is 44.6 Å².